The van der Waals surface area contributed by atoms with Gasteiger partial charge in [-0.05, 0) is 12.0 Å². The molecule has 0 aromatic carbocycles. The van der Waals surface area contributed by atoms with Gasteiger partial charge >= 0.3 is 0 Å². The second-order valence-electron chi connectivity index (χ2n) is 2.96. The summed E-state index contributed by atoms with van der Waals surface area (Å²) in [5.41, 5.74) is 2.12. The molecule has 0 aliphatic rings. The average molecular weight is 177 g/mol. The predicted molar refractivity (Wildman–Crippen MR) is 60.5 cm³/mol. The van der Waals surface area contributed by atoms with E-state index in [1.807, 2.05) is 12.2 Å². The van der Waals surface area contributed by atoms with Gasteiger partial charge in [-0.15, -0.1) is 0 Å². The second-order valence-corrected chi connectivity index (χ2v) is 2.96. The molecular weight excluding hydrogens is 158 g/mol. The largest absolute Gasteiger partial charge is 0.385 e. The first-order valence-electron chi connectivity index (χ1n) is 4.59. The molecule has 0 aliphatic heterocycles. The van der Waals surface area contributed by atoms with Gasteiger partial charge in [-0.1, -0.05) is 51.3 Å². The highest BCUT2D eigenvalue weighted by molar-refractivity contribution is 5.20. The molecule has 0 heterocycles. The van der Waals surface area contributed by atoms with E-state index in [0.717, 1.165) is 30.7 Å². The van der Waals surface area contributed by atoms with Crippen molar-refractivity contribution in [3.63, 3.8) is 0 Å². The molecule has 0 saturated heterocycles. The van der Waals surface area contributed by atoms with E-state index in [1.54, 1.807) is 6.08 Å². The highest BCUT2D eigenvalue weighted by Gasteiger charge is 1.91. The van der Waals surface area contributed by atoms with E-state index in [2.05, 4.69) is 32.0 Å². The fourth-order valence-corrected chi connectivity index (χ4v) is 0.892. The highest BCUT2D eigenvalue weighted by Crippen LogP contribution is 1.98. The van der Waals surface area contributed by atoms with Crippen LogP contribution >= 0.6 is 0 Å². The summed E-state index contributed by atoms with van der Waals surface area (Å²) in [6, 6.07) is 0. The second kappa shape index (κ2) is 7.41. The fourth-order valence-electron chi connectivity index (χ4n) is 0.892. The summed E-state index contributed by atoms with van der Waals surface area (Å²) >= 11 is 0. The van der Waals surface area contributed by atoms with Crippen molar-refractivity contribution in [2.75, 3.05) is 6.54 Å². The molecule has 0 aromatic heterocycles. The smallest absolute Gasteiger partial charge is 0.0391 e. The van der Waals surface area contributed by atoms with Crippen LogP contribution in [0, 0.1) is 0 Å². The van der Waals surface area contributed by atoms with Gasteiger partial charge < -0.3 is 5.32 Å². The maximum absolute atomic E-state index is 3.90. The molecule has 0 rings (SSSR count). The Labute approximate surface area is 81.5 Å². The third-order valence-corrected chi connectivity index (χ3v) is 1.59. The first-order valence-corrected chi connectivity index (χ1v) is 4.59. The lowest BCUT2D eigenvalue weighted by molar-refractivity contribution is 0.781. The van der Waals surface area contributed by atoms with Crippen LogP contribution in [-0.4, -0.2) is 6.54 Å². The molecule has 1 N–H and O–H groups in total. The molecule has 0 unspecified atom stereocenters. The Kier molecular flexibility index (Phi) is 6.70. The van der Waals surface area contributed by atoms with Crippen molar-refractivity contribution >= 4 is 0 Å². The summed E-state index contributed by atoms with van der Waals surface area (Å²) in [5.74, 6) is 0. The molecule has 0 aromatic rings. The van der Waals surface area contributed by atoms with Gasteiger partial charge in [0, 0.05) is 12.2 Å². The molecular formula is C12H19N. The van der Waals surface area contributed by atoms with E-state index in [4.69, 9.17) is 0 Å². The normalized spacial score (nSPS) is 9.92. The maximum atomic E-state index is 3.90. The molecule has 0 bridgehead atoms. The first kappa shape index (κ1) is 11.8. The molecule has 1 heteroatoms. The Morgan fingerprint density at radius 2 is 2.08 bits per heavy atom. The lowest BCUT2D eigenvalue weighted by atomic mass is 10.2. The molecule has 0 saturated carbocycles. The van der Waals surface area contributed by atoms with Gasteiger partial charge in [0.15, 0.2) is 0 Å². The molecule has 0 radical (unpaired) electrons. The van der Waals surface area contributed by atoms with Gasteiger partial charge in [0.2, 0.25) is 0 Å². The van der Waals surface area contributed by atoms with Gasteiger partial charge in [0.05, 0.1) is 0 Å². The van der Waals surface area contributed by atoms with Crippen molar-refractivity contribution in [1.82, 2.24) is 5.32 Å². The minimum atomic E-state index is 0.767. The van der Waals surface area contributed by atoms with E-state index in [1.165, 1.54) is 0 Å². The molecule has 0 fully saturated rings. The zero-order chi connectivity index (χ0) is 10.1. The first-order chi connectivity index (χ1) is 6.20. The van der Waals surface area contributed by atoms with Crippen LogP contribution in [0.5, 0.6) is 0 Å². The van der Waals surface area contributed by atoms with Gasteiger partial charge in [0.25, 0.3) is 0 Å². The average Bonchev–Trinajstić information content (AvgIpc) is 2.12. The molecule has 13 heavy (non-hydrogen) atoms. The minimum absolute atomic E-state index is 0.767. The van der Waals surface area contributed by atoms with E-state index in [9.17, 15) is 0 Å². The number of hydrogen-bond acceptors (Lipinski definition) is 1. The fraction of sp³-hybridized carbons (Fsp3) is 0.333. The van der Waals surface area contributed by atoms with Crippen LogP contribution in [0.2, 0.25) is 0 Å². The lowest BCUT2D eigenvalue weighted by Crippen LogP contribution is -2.14. The Bertz CT molecular complexity index is 211. The van der Waals surface area contributed by atoms with Crippen LogP contribution in [0.3, 0.4) is 0 Å². The Hall–Kier alpha value is -1.24. The van der Waals surface area contributed by atoms with E-state index in [-0.39, 0.29) is 0 Å². The Morgan fingerprint density at radius 1 is 1.38 bits per heavy atom. The van der Waals surface area contributed by atoms with Gasteiger partial charge in [-0.2, -0.15) is 0 Å². The summed E-state index contributed by atoms with van der Waals surface area (Å²) in [4.78, 5) is 0. The Balaban J connectivity index is 3.63. The van der Waals surface area contributed by atoms with Gasteiger partial charge in [0.1, 0.15) is 0 Å². The summed E-state index contributed by atoms with van der Waals surface area (Å²) in [6.07, 6.45) is 7.72. The van der Waals surface area contributed by atoms with E-state index in [0.29, 0.717) is 0 Å². The van der Waals surface area contributed by atoms with E-state index >= 15 is 0 Å². The third kappa shape index (κ3) is 7.13. The highest BCUT2D eigenvalue weighted by atomic mass is 14.9. The monoisotopic (exact) mass is 177 g/mol. The summed E-state index contributed by atoms with van der Waals surface area (Å²) in [5, 5.41) is 3.21. The predicted octanol–water partition coefficient (Wildman–Crippen LogP) is 3.19. The van der Waals surface area contributed by atoms with Crippen molar-refractivity contribution in [3.8, 4) is 0 Å². The van der Waals surface area contributed by atoms with Gasteiger partial charge in [-0.3, -0.25) is 0 Å². The van der Waals surface area contributed by atoms with Crippen LogP contribution in [-0.2, 0) is 0 Å². The number of allylic oxidation sites excluding steroid dienone is 3. The van der Waals surface area contributed by atoms with Crippen LogP contribution in [0.4, 0.5) is 0 Å². The molecule has 0 aliphatic carbocycles. The maximum Gasteiger partial charge on any atom is 0.0391 e. The standard InChI is InChI=1S/C12H19N/c1-5-7-9-11(3)10-13-12(4)8-6-2/h5,7,9,13H,1,3-4,6,8,10H2,2H3/b9-7-. The quantitative estimate of drug-likeness (QED) is 0.589. The zero-order valence-corrected chi connectivity index (χ0v) is 8.47. The molecule has 72 valence electrons. The summed E-state index contributed by atoms with van der Waals surface area (Å²) < 4.78 is 0. The van der Waals surface area contributed by atoms with Crippen molar-refractivity contribution < 1.29 is 0 Å². The Morgan fingerprint density at radius 3 is 2.62 bits per heavy atom. The van der Waals surface area contributed by atoms with Crippen molar-refractivity contribution in [1.29, 1.82) is 0 Å². The third-order valence-electron chi connectivity index (χ3n) is 1.59. The molecule has 1 nitrogen and oxygen atoms in total. The van der Waals surface area contributed by atoms with Crippen LogP contribution in [0.1, 0.15) is 19.8 Å². The van der Waals surface area contributed by atoms with Crippen molar-refractivity contribution in [2.24, 2.45) is 0 Å². The van der Waals surface area contributed by atoms with Crippen LogP contribution in [0.15, 0.2) is 49.2 Å². The number of nitrogens with one attached hydrogen (secondary N) is 1. The molecule has 0 atom stereocenters. The molecule has 0 spiro atoms. The van der Waals surface area contributed by atoms with Crippen molar-refractivity contribution in [2.45, 2.75) is 19.8 Å². The zero-order valence-electron chi connectivity index (χ0n) is 8.47. The molecule has 0 amide bonds. The number of rotatable bonds is 7. The number of hydrogen-bond donors (Lipinski definition) is 1. The van der Waals surface area contributed by atoms with E-state index < -0.39 is 0 Å². The SMILES string of the molecule is C=C/C=C\C(=C)CNC(=C)CCC. The van der Waals surface area contributed by atoms with Gasteiger partial charge in [-0.25, -0.2) is 0 Å². The van der Waals surface area contributed by atoms with Crippen LogP contribution in [0.25, 0.3) is 0 Å². The van der Waals surface area contributed by atoms with Crippen LogP contribution < -0.4 is 5.32 Å². The lowest BCUT2D eigenvalue weighted by Gasteiger charge is -2.07. The van der Waals surface area contributed by atoms with Crippen molar-refractivity contribution in [3.05, 3.63) is 49.2 Å². The minimum Gasteiger partial charge on any atom is -0.385 e. The summed E-state index contributed by atoms with van der Waals surface area (Å²) in [6.45, 7) is 14.3. The summed E-state index contributed by atoms with van der Waals surface area (Å²) in [7, 11) is 0. The topological polar surface area (TPSA) is 12.0 Å².